The molecular weight excluding hydrogens is 295 g/mol. The standard InChI is InChI=1S/C14H14BrFN2/c1-9-6-12(15)13(16)7-14(9)17-8-11-5-3-4-10(2)18-11/h3-7,17H,8H2,1-2H3. The number of benzene rings is 1. The Balaban J connectivity index is 2.13. The summed E-state index contributed by atoms with van der Waals surface area (Å²) in [7, 11) is 0. The lowest BCUT2D eigenvalue weighted by atomic mass is 10.2. The fourth-order valence-corrected chi connectivity index (χ4v) is 2.18. The lowest BCUT2D eigenvalue weighted by Gasteiger charge is -2.10. The van der Waals surface area contributed by atoms with Crippen molar-refractivity contribution in [1.82, 2.24) is 4.98 Å². The van der Waals surface area contributed by atoms with Crippen molar-refractivity contribution in [2.75, 3.05) is 5.32 Å². The molecule has 0 unspecified atom stereocenters. The van der Waals surface area contributed by atoms with Crippen molar-refractivity contribution in [1.29, 1.82) is 0 Å². The molecule has 0 saturated heterocycles. The number of rotatable bonds is 3. The first kappa shape index (κ1) is 13.0. The first-order valence-corrected chi connectivity index (χ1v) is 6.47. The molecule has 0 saturated carbocycles. The SMILES string of the molecule is Cc1cccc(CNc2cc(F)c(Br)cc2C)n1. The zero-order valence-electron chi connectivity index (χ0n) is 10.3. The molecule has 0 radical (unpaired) electrons. The fraction of sp³-hybridized carbons (Fsp3) is 0.214. The molecule has 0 aliphatic carbocycles. The predicted molar refractivity (Wildman–Crippen MR) is 75.1 cm³/mol. The highest BCUT2D eigenvalue weighted by molar-refractivity contribution is 9.10. The maximum absolute atomic E-state index is 13.4. The van der Waals surface area contributed by atoms with Gasteiger partial charge < -0.3 is 5.32 Å². The Bertz CT molecular complexity index is 570. The number of aromatic nitrogens is 1. The minimum atomic E-state index is -0.264. The summed E-state index contributed by atoms with van der Waals surface area (Å²) in [5, 5.41) is 3.20. The molecule has 94 valence electrons. The Morgan fingerprint density at radius 1 is 1.28 bits per heavy atom. The second-order valence-corrected chi connectivity index (χ2v) is 5.06. The lowest BCUT2D eigenvalue weighted by Crippen LogP contribution is -2.04. The van der Waals surface area contributed by atoms with Gasteiger partial charge in [0.1, 0.15) is 5.82 Å². The van der Waals surface area contributed by atoms with Crippen molar-refractivity contribution in [2.24, 2.45) is 0 Å². The third-order valence-corrected chi connectivity index (χ3v) is 3.28. The van der Waals surface area contributed by atoms with Gasteiger partial charge in [0.15, 0.2) is 0 Å². The van der Waals surface area contributed by atoms with Gasteiger partial charge in [-0.3, -0.25) is 4.98 Å². The summed E-state index contributed by atoms with van der Waals surface area (Å²) in [6, 6.07) is 9.13. The zero-order chi connectivity index (χ0) is 13.1. The van der Waals surface area contributed by atoms with Crippen molar-refractivity contribution in [2.45, 2.75) is 20.4 Å². The topological polar surface area (TPSA) is 24.9 Å². The van der Waals surface area contributed by atoms with Gasteiger partial charge in [0.25, 0.3) is 0 Å². The van der Waals surface area contributed by atoms with Crippen molar-refractivity contribution >= 4 is 21.6 Å². The third kappa shape index (κ3) is 3.07. The van der Waals surface area contributed by atoms with Crippen molar-refractivity contribution in [3.63, 3.8) is 0 Å². The number of nitrogens with one attached hydrogen (secondary N) is 1. The largest absolute Gasteiger partial charge is 0.379 e. The third-order valence-electron chi connectivity index (χ3n) is 2.67. The van der Waals surface area contributed by atoms with Crippen LogP contribution in [0.4, 0.5) is 10.1 Å². The van der Waals surface area contributed by atoms with Crippen LogP contribution < -0.4 is 5.32 Å². The number of nitrogens with zero attached hydrogens (tertiary/aromatic N) is 1. The van der Waals surface area contributed by atoms with E-state index in [-0.39, 0.29) is 5.82 Å². The molecule has 0 atom stereocenters. The Labute approximate surface area is 114 Å². The Kier molecular flexibility index (Phi) is 3.97. The summed E-state index contributed by atoms with van der Waals surface area (Å²) < 4.78 is 13.9. The van der Waals surface area contributed by atoms with Gasteiger partial charge in [0.2, 0.25) is 0 Å². The summed E-state index contributed by atoms with van der Waals surface area (Å²) >= 11 is 3.17. The normalized spacial score (nSPS) is 10.4. The molecule has 1 aromatic carbocycles. The van der Waals surface area contributed by atoms with E-state index in [1.54, 1.807) is 6.07 Å². The van der Waals surface area contributed by atoms with Crippen LogP contribution in [0.1, 0.15) is 17.0 Å². The minimum absolute atomic E-state index is 0.264. The first-order valence-electron chi connectivity index (χ1n) is 5.68. The van der Waals surface area contributed by atoms with Gasteiger partial charge in [-0.25, -0.2) is 4.39 Å². The van der Waals surface area contributed by atoms with E-state index >= 15 is 0 Å². The number of aryl methyl sites for hydroxylation is 2. The molecule has 0 aliphatic heterocycles. The Hall–Kier alpha value is -1.42. The average Bonchev–Trinajstić information content (AvgIpc) is 2.32. The van der Waals surface area contributed by atoms with Crippen LogP contribution in [0.25, 0.3) is 0 Å². The van der Waals surface area contributed by atoms with Crippen LogP contribution in [-0.2, 0) is 6.54 Å². The van der Waals surface area contributed by atoms with Gasteiger partial charge >= 0.3 is 0 Å². The highest BCUT2D eigenvalue weighted by Gasteiger charge is 2.05. The summed E-state index contributed by atoms with van der Waals surface area (Å²) in [5.74, 6) is -0.264. The van der Waals surface area contributed by atoms with Crippen molar-refractivity contribution in [3.8, 4) is 0 Å². The number of hydrogen-bond acceptors (Lipinski definition) is 2. The minimum Gasteiger partial charge on any atom is -0.379 e. The second kappa shape index (κ2) is 5.48. The van der Waals surface area contributed by atoms with Gasteiger partial charge in [0, 0.05) is 11.4 Å². The van der Waals surface area contributed by atoms with Gasteiger partial charge in [-0.05, 0) is 59.6 Å². The monoisotopic (exact) mass is 308 g/mol. The summed E-state index contributed by atoms with van der Waals surface area (Å²) in [4.78, 5) is 4.39. The maximum atomic E-state index is 13.4. The smallest absolute Gasteiger partial charge is 0.139 e. The zero-order valence-corrected chi connectivity index (χ0v) is 11.9. The van der Waals surface area contributed by atoms with Crippen LogP contribution in [0.15, 0.2) is 34.8 Å². The van der Waals surface area contributed by atoms with E-state index in [4.69, 9.17) is 0 Å². The van der Waals surface area contributed by atoms with Crippen LogP contribution in [0.5, 0.6) is 0 Å². The van der Waals surface area contributed by atoms with Crippen LogP contribution in [0.3, 0.4) is 0 Å². The molecule has 0 spiro atoms. The molecule has 0 aliphatic rings. The van der Waals surface area contributed by atoms with E-state index in [0.717, 1.165) is 22.6 Å². The highest BCUT2D eigenvalue weighted by Crippen LogP contribution is 2.24. The van der Waals surface area contributed by atoms with Crippen molar-refractivity contribution in [3.05, 3.63) is 57.6 Å². The number of pyridine rings is 1. The molecule has 0 bridgehead atoms. The molecule has 18 heavy (non-hydrogen) atoms. The van der Waals surface area contributed by atoms with Gasteiger partial charge in [-0.2, -0.15) is 0 Å². The molecule has 2 rings (SSSR count). The number of anilines is 1. The molecule has 2 nitrogen and oxygen atoms in total. The van der Waals surface area contributed by atoms with Gasteiger partial charge in [-0.15, -0.1) is 0 Å². The quantitative estimate of drug-likeness (QED) is 0.918. The molecule has 1 N–H and O–H groups in total. The molecule has 4 heteroatoms. The van der Waals surface area contributed by atoms with Crippen LogP contribution >= 0.6 is 15.9 Å². The van der Waals surface area contributed by atoms with E-state index in [9.17, 15) is 4.39 Å². The maximum Gasteiger partial charge on any atom is 0.139 e. The number of hydrogen-bond donors (Lipinski definition) is 1. The molecule has 2 aromatic rings. The van der Waals surface area contributed by atoms with E-state index in [1.165, 1.54) is 6.07 Å². The highest BCUT2D eigenvalue weighted by atomic mass is 79.9. The molecule has 0 fully saturated rings. The van der Waals surface area contributed by atoms with Crippen molar-refractivity contribution < 1.29 is 4.39 Å². The van der Waals surface area contributed by atoms with Gasteiger partial charge in [0.05, 0.1) is 16.7 Å². The van der Waals surface area contributed by atoms with Crippen LogP contribution in [0, 0.1) is 19.7 Å². The number of halogens is 2. The summed E-state index contributed by atoms with van der Waals surface area (Å²) in [6.45, 7) is 4.48. The molecule has 0 amide bonds. The molecule has 1 aromatic heterocycles. The average molecular weight is 309 g/mol. The second-order valence-electron chi connectivity index (χ2n) is 4.21. The fourth-order valence-electron chi connectivity index (χ4n) is 1.72. The Morgan fingerprint density at radius 2 is 2.06 bits per heavy atom. The van der Waals surface area contributed by atoms with E-state index in [0.29, 0.717) is 11.0 Å². The summed E-state index contributed by atoms with van der Waals surface area (Å²) in [5.41, 5.74) is 3.71. The predicted octanol–water partition coefficient (Wildman–Crippen LogP) is 4.21. The van der Waals surface area contributed by atoms with Crippen LogP contribution in [0.2, 0.25) is 0 Å². The first-order chi connectivity index (χ1) is 8.56. The summed E-state index contributed by atoms with van der Waals surface area (Å²) in [6.07, 6.45) is 0. The molecule has 1 heterocycles. The lowest BCUT2D eigenvalue weighted by molar-refractivity contribution is 0.621. The van der Waals surface area contributed by atoms with E-state index in [1.807, 2.05) is 32.0 Å². The Morgan fingerprint density at radius 3 is 2.78 bits per heavy atom. The van der Waals surface area contributed by atoms with Gasteiger partial charge in [-0.1, -0.05) is 6.07 Å². The van der Waals surface area contributed by atoms with Crippen LogP contribution in [-0.4, -0.2) is 4.98 Å². The molecular formula is C14H14BrFN2. The van der Waals surface area contributed by atoms with E-state index in [2.05, 4.69) is 26.2 Å². The van der Waals surface area contributed by atoms with E-state index < -0.39 is 0 Å².